The van der Waals surface area contributed by atoms with Gasteiger partial charge in [0.1, 0.15) is 0 Å². The summed E-state index contributed by atoms with van der Waals surface area (Å²) in [6, 6.07) is 0. The lowest BCUT2D eigenvalue weighted by Crippen LogP contribution is -2.43. The quantitative estimate of drug-likeness (QED) is 0.468. The van der Waals surface area contributed by atoms with Gasteiger partial charge in [0.25, 0.3) is 0 Å². The maximum atomic E-state index is 10.9. The molecule has 1 atom stereocenters. The highest BCUT2D eigenvalue weighted by Crippen LogP contribution is 2.31. The van der Waals surface area contributed by atoms with Gasteiger partial charge in [-0.3, -0.25) is 4.79 Å². The highest BCUT2D eigenvalue weighted by molar-refractivity contribution is 6.68. The van der Waals surface area contributed by atoms with Crippen molar-refractivity contribution < 1.29 is 4.79 Å². The largest absolute Gasteiger partial charge is 0.387 e. The van der Waals surface area contributed by atoms with E-state index in [1.54, 1.807) is 0 Å². The summed E-state index contributed by atoms with van der Waals surface area (Å²) in [5.74, 6) is 0.000291. The number of carbonyl (C=O) groups excluding carboxylic acids is 1. The summed E-state index contributed by atoms with van der Waals surface area (Å²) in [7, 11) is 0. The summed E-state index contributed by atoms with van der Waals surface area (Å²) >= 11 is 16.9. The standard InChI is InChI=1S/C8H14Cl3N3O/c1-4(2)6(12)14-7(8(9,10)11)13-5(3)15/h4,7H,1-3H3,(H2,12,14)(H,13,15)/t7-/m0/s1. The van der Waals surface area contributed by atoms with Crippen molar-refractivity contribution in [3.8, 4) is 0 Å². The number of nitrogens with two attached hydrogens (primary N) is 1. The van der Waals surface area contributed by atoms with Gasteiger partial charge in [-0.15, -0.1) is 0 Å². The molecule has 3 N–H and O–H groups in total. The third-order valence-electron chi connectivity index (χ3n) is 1.52. The molecular formula is C8H14Cl3N3O. The number of amidine groups is 1. The minimum Gasteiger partial charge on any atom is -0.387 e. The lowest BCUT2D eigenvalue weighted by molar-refractivity contribution is -0.119. The average Bonchev–Trinajstić information content (AvgIpc) is 2.00. The molecule has 0 spiro atoms. The predicted molar refractivity (Wildman–Crippen MR) is 64.4 cm³/mol. The van der Waals surface area contributed by atoms with Gasteiger partial charge in [-0.05, 0) is 0 Å². The van der Waals surface area contributed by atoms with Crippen LogP contribution in [0.3, 0.4) is 0 Å². The maximum absolute atomic E-state index is 10.9. The van der Waals surface area contributed by atoms with Crippen LogP contribution in [-0.4, -0.2) is 21.7 Å². The van der Waals surface area contributed by atoms with Crippen LogP contribution in [-0.2, 0) is 4.79 Å². The number of nitrogens with one attached hydrogen (secondary N) is 1. The number of carbonyl (C=O) groups is 1. The first-order valence-electron chi connectivity index (χ1n) is 4.31. The molecule has 88 valence electrons. The summed E-state index contributed by atoms with van der Waals surface area (Å²) < 4.78 is -1.72. The molecule has 0 rings (SSSR count). The van der Waals surface area contributed by atoms with E-state index in [4.69, 9.17) is 40.5 Å². The van der Waals surface area contributed by atoms with E-state index in [-0.39, 0.29) is 11.8 Å². The Balaban J connectivity index is 4.81. The zero-order valence-corrected chi connectivity index (χ0v) is 11.0. The molecule has 7 heteroatoms. The normalized spacial score (nSPS) is 15.3. The van der Waals surface area contributed by atoms with E-state index >= 15 is 0 Å². The first kappa shape index (κ1) is 14.8. The Morgan fingerprint density at radius 2 is 1.87 bits per heavy atom. The fraction of sp³-hybridized carbons (Fsp3) is 0.750. The van der Waals surface area contributed by atoms with E-state index in [1.807, 2.05) is 13.8 Å². The van der Waals surface area contributed by atoms with E-state index in [9.17, 15) is 4.79 Å². The molecule has 0 aliphatic carbocycles. The molecule has 4 nitrogen and oxygen atoms in total. The first-order chi connectivity index (χ1) is 6.64. The second-order valence-electron chi connectivity index (χ2n) is 3.35. The summed E-state index contributed by atoms with van der Waals surface area (Å²) in [5, 5.41) is 2.40. The fourth-order valence-corrected chi connectivity index (χ4v) is 0.988. The molecule has 0 saturated carbocycles. The monoisotopic (exact) mass is 273 g/mol. The summed E-state index contributed by atoms with van der Waals surface area (Å²) in [4.78, 5) is 14.8. The summed E-state index contributed by atoms with van der Waals surface area (Å²) in [6.45, 7) is 5.01. The highest BCUT2D eigenvalue weighted by Gasteiger charge is 2.33. The van der Waals surface area contributed by atoms with Gasteiger partial charge < -0.3 is 11.1 Å². The third-order valence-corrected chi connectivity index (χ3v) is 2.14. The van der Waals surface area contributed by atoms with Crippen molar-refractivity contribution in [2.45, 2.75) is 30.7 Å². The lowest BCUT2D eigenvalue weighted by Gasteiger charge is -2.22. The van der Waals surface area contributed by atoms with Crippen molar-refractivity contribution >= 4 is 46.5 Å². The molecule has 0 heterocycles. The Bertz CT molecular complexity index is 260. The molecule has 0 aromatic rings. The topological polar surface area (TPSA) is 67.5 Å². The van der Waals surface area contributed by atoms with Crippen LogP contribution in [0.25, 0.3) is 0 Å². The number of hydrogen-bond acceptors (Lipinski definition) is 2. The van der Waals surface area contributed by atoms with Gasteiger partial charge in [0.2, 0.25) is 9.70 Å². The van der Waals surface area contributed by atoms with Crippen LogP contribution in [0.2, 0.25) is 0 Å². The highest BCUT2D eigenvalue weighted by atomic mass is 35.6. The number of rotatable bonds is 3. The fourth-order valence-electron chi connectivity index (χ4n) is 0.678. The van der Waals surface area contributed by atoms with Crippen LogP contribution in [0.15, 0.2) is 4.99 Å². The Labute approximate surface area is 104 Å². The van der Waals surface area contributed by atoms with Crippen LogP contribution in [0.1, 0.15) is 20.8 Å². The smallest absolute Gasteiger partial charge is 0.230 e. The van der Waals surface area contributed by atoms with Crippen molar-refractivity contribution in [3.05, 3.63) is 0 Å². The molecular weight excluding hydrogens is 260 g/mol. The molecule has 0 unspecified atom stereocenters. The molecule has 1 amide bonds. The van der Waals surface area contributed by atoms with Crippen LogP contribution in [0.5, 0.6) is 0 Å². The molecule has 0 saturated heterocycles. The lowest BCUT2D eigenvalue weighted by atomic mass is 10.2. The average molecular weight is 275 g/mol. The van der Waals surface area contributed by atoms with Gasteiger partial charge in [-0.1, -0.05) is 48.7 Å². The minimum absolute atomic E-state index is 0.0219. The van der Waals surface area contributed by atoms with E-state index < -0.39 is 9.96 Å². The zero-order chi connectivity index (χ0) is 12.2. The van der Waals surface area contributed by atoms with Crippen molar-refractivity contribution in [3.63, 3.8) is 0 Å². The van der Waals surface area contributed by atoms with Crippen molar-refractivity contribution in [1.82, 2.24) is 5.32 Å². The van der Waals surface area contributed by atoms with E-state index in [1.165, 1.54) is 6.92 Å². The predicted octanol–water partition coefficient (Wildman–Crippen LogP) is 1.83. The second-order valence-corrected chi connectivity index (χ2v) is 5.72. The molecule has 0 bridgehead atoms. The van der Waals surface area contributed by atoms with E-state index in [2.05, 4.69) is 10.3 Å². The Morgan fingerprint density at radius 1 is 1.40 bits per heavy atom. The van der Waals surface area contributed by atoms with Crippen LogP contribution in [0, 0.1) is 5.92 Å². The molecule has 0 aliphatic rings. The number of hydrogen-bond donors (Lipinski definition) is 2. The van der Waals surface area contributed by atoms with Crippen molar-refractivity contribution in [1.29, 1.82) is 0 Å². The van der Waals surface area contributed by atoms with Gasteiger partial charge >= 0.3 is 0 Å². The van der Waals surface area contributed by atoms with E-state index in [0.29, 0.717) is 5.84 Å². The minimum atomic E-state index is -1.72. The Hall–Kier alpha value is -0.190. The van der Waals surface area contributed by atoms with Gasteiger partial charge in [0.15, 0.2) is 6.17 Å². The molecule has 15 heavy (non-hydrogen) atoms. The van der Waals surface area contributed by atoms with Crippen LogP contribution >= 0.6 is 34.8 Å². The molecule has 0 radical (unpaired) electrons. The SMILES string of the molecule is CC(=O)N[C@@H](N=C(N)C(C)C)C(Cl)(Cl)Cl. The number of nitrogens with zero attached hydrogens (tertiary/aromatic N) is 1. The van der Waals surface area contributed by atoms with Crippen LogP contribution < -0.4 is 11.1 Å². The third kappa shape index (κ3) is 6.07. The van der Waals surface area contributed by atoms with Gasteiger partial charge in [-0.2, -0.15) is 0 Å². The maximum Gasteiger partial charge on any atom is 0.230 e. The second kappa shape index (κ2) is 5.77. The number of alkyl halides is 3. The van der Waals surface area contributed by atoms with Crippen molar-refractivity contribution in [2.75, 3.05) is 0 Å². The van der Waals surface area contributed by atoms with Crippen molar-refractivity contribution in [2.24, 2.45) is 16.6 Å². The Kier molecular flexibility index (Phi) is 5.70. The van der Waals surface area contributed by atoms with Crippen LogP contribution in [0.4, 0.5) is 0 Å². The molecule has 0 aromatic heterocycles. The molecule has 0 aromatic carbocycles. The van der Waals surface area contributed by atoms with Gasteiger partial charge in [0.05, 0.1) is 5.84 Å². The van der Waals surface area contributed by atoms with E-state index in [0.717, 1.165) is 0 Å². The summed E-state index contributed by atoms with van der Waals surface area (Å²) in [6.07, 6.45) is -0.970. The number of amides is 1. The number of aliphatic imine (C=N–C) groups is 1. The molecule has 0 aliphatic heterocycles. The van der Waals surface area contributed by atoms with Gasteiger partial charge in [0, 0.05) is 12.8 Å². The summed E-state index contributed by atoms with van der Waals surface area (Å²) in [5.41, 5.74) is 5.61. The molecule has 0 fully saturated rings. The number of halogens is 3. The zero-order valence-electron chi connectivity index (χ0n) is 8.72. The Morgan fingerprint density at radius 3 is 2.13 bits per heavy atom. The first-order valence-corrected chi connectivity index (χ1v) is 5.45. The van der Waals surface area contributed by atoms with Gasteiger partial charge in [-0.25, -0.2) is 4.99 Å².